The van der Waals surface area contributed by atoms with Gasteiger partial charge in [-0.25, -0.2) is 4.79 Å². The highest BCUT2D eigenvalue weighted by Crippen LogP contribution is 2.40. The third-order valence-corrected chi connectivity index (χ3v) is 2.41. The number of hydrogen-bond acceptors (Lipinski definition) is 4. The van der Waals surface area contributed by atoms with Crippen molar-refractivity contribution in [1.82, 2.24) is 0 Å². The van der Waals surface area contributed by atoms with Crippen molar-refractivity contribution in [2.75, 3.05) is 7.11 Å². The SMILES string of the molecule is CC.COC(=O)C1Oc2cccc(Br)c2O1. The zero-order chi connectivity index (χ0) is 12.1. The van der Waals surface area contributed by atoms with Crippen molar-refractivity contribution in [3.05, 3.63) is 22.7 Å². The highest BCUT2D eigenvalue weighted by molar-refractivity contribution is 9.10. The fraction of sp³-hybridized carbons (Fsp3) is 0.364. The topological polar surface area (TPSA) is 44.8 Å². The van der Waals surface area contributed by atoms with E-state index in [-0.39, 0.29) is 0 Å². The van der Waals surface area contributed by atoms with Crippen LogP contribution >= 0.6 is 15.9 Å². The fourth-order valence-electron chi connectivity index (χ4n) is 1.14. The van der Waals surface area contributed by atoms with Crippen molar-refractivity contribution in [2.24, 2.45) is 0 Å². The zero-order valence-electron chi connectivity index (χ0n) is 9.32. The molecular weight excluding hydrogens is 276 g/mol. The highest BCUT2D eigenvalue weighted by Gasteiger charge is 2.32. The molecule has 0 fully saturated rings. The Morgan fingerprint density at radius 2 is 2.06 bits per heavy atom. The van der Waals surface area contributed by atoms with Gasteiger partial charge in [0.1, 0.15) is 0 Å². The van der Waals surface area contributed by atoms with E-state index in [2.05, 4.69) is 20.7 Å². The van der Waals surface area contributed by atoms with Crippen molar-refractivity contribution in [3.63, 3.8) is 0 Å². The number of benzene rings is 1. The third kappa shape index (κ3) is 2.47. The Labute approximate surface area is 103 Å². The van der Waals surface area contributed by atoms with E-state index in [1.54, 1.807) is 12.1 Å². The number of ether oxygens (including phenoxy) is 3. The first-order valence-electron chi connectivity index (χ1n) is 4.92. The lowest BCUT2D eigenvalue weighted by atomic mass is 10.3. The summed E-state index contributed by atoms with van der Waals surface area (Å²) < 4.78 is 15.7. The number of methoxy groups -OCH3 is 1. The van der Waals surface area contributed by atoms with Gasteiger partial charge >= 0.3 is 12.3 Å². The minimum atomic E-state index is -0.992. The van der Waals surface area contributed by atoms with E-state index >= 15 is 0 Å². The standard InChI is InChI=1S/C9H7BrO4.C2H6/c1-12-8(11)9-13-6-4-2-3-5(10)7(6)14-9;1-2/h2-4,9H,1H3;1-2H3. The van der Waals surface area contributed by atoms with Crippen LogP contribution in [0.3, 0.4) is 0 Å². The van der Waals surface area contributed by atoms with E-state index in [1.165, 1.54) is 7.11 Å². The molecule has 0 radical (unpaired) electrons. The van der Waals surface area contributed by atoms with Crippen molar-refractivity contribution >= 4 is 21.9 Å². The molecule has 4 nitrogen and oxygen atoms in total. The smallest absolute Gasteiger partial charge is 0.389 e. The lowest BCUT2D eigenvalue weighted by molar-refractivity contribution is -0.158. The molecule has 2 rings (SSSR count). The van der Waals surface area contributed by atoms with Gasteiger partial charge < -0.3 is 14.2 Å². The first-order chi connectivity index (χ1) is 7.72. The predicted molar refractivity (Wildman–Crippen MR) is 62.6 cm³/mol. The quantitative estimate of drug-likeness (QED) is 0.746. The Kier molecular flexibility index (Phi) is 4.61. The average Bonchev–Trinajstić information content (AvgIpc) is 2.76. The molecule has 0 bridgehead atoms. The first kappa shape index (κ1) is 12.8. The van der Waals surface area contributed by atoms with Gasteiger partial charge in [0.25, 0.3) is 0 Å². The van der Waals surface area contributed by atoms with E-state index in [1.807, 2.05) is 19.9 Å². The summed E-state index contributed by atoms with van der Waals surface area (Å²) in [6, 6.07) is 5.33. The van der Waals surface area contributed by atoms with Crippen LogP contribution in [0.1, 0.15) is 13.8 Å². The van der Waals surface area contributed by atoms with E-state index in [0.717, 1.165) is 4.47 Å². The first-order valence-corrected chi connectivity index (χ1v) is 5.71. The van der Waals surface area contributed by atoms with Crippen LogP contribution in [0.15, 0.2) is 22.7 Å². The van der Waals surface area contributed by atoms with Gasteiger partial charge in [0.05, 0.1) is 11.6 Å². The summed E-state index contributed by atoms with van der Waals surface area (Å²) in [6.45, 7) is 4.00. The van der Waals surface area contributed by atoms with Crippen molar-refractivity contribution < 1.29 is 19.0 Å². The van der Waals surface area contributed by atoms with E-state index < -0.39 is 12.3 Å². The van der Waals surface area contributed by atoms with E-state index in [4.69, 9.17) is 9.47 Å². The molecule has 1 aromatic rings. The van der Waals surface area contributed by atoms with Gasteiger partial charge in [0, 0.05) is 0 Å². The Balaban J connectivity index is 0.000000606. The summed E-state index contributed by atoms with van der Waals surface area (Å²) in [6.07, 6.45) is -0.992. The Bertz CT molecular complexity index is 378. The second-order valence-corrected chi connectivity index (χ2v) is 3.51. The van der Waals surface area contributed by atoms with Crippen LogP contribution in [0.5, 0.6) is 11.5 Å². The molecule has 0 N–H and O–H groups in total. The lowest BCUT2D eigenvalue weighted by Crippen LogP contribution is -2.30. The van der Waals surface area contributed by atoms with Crippen LogP contribution in [0.25, 0.3) is 0 Å². The molecule has 0 saturated heterocycles. The van der Waals surface area contributed by atoms with Crippen LogP contribution in [0, 0.1) is 0 Å². The molecule has 0 spiro atoms. The van der Waals surface area contributed by atoms with Gasteiger partial charge in [-0.1, -0.05) is 19.9 Å². The summed E-state index contributed by atoms with van der Waals surface area (Å²) in [5.41, 5.74) is 0. The largest absolute Gasteiger partial charge is 0.463 e. The number of esters is 1. The molecule has 1 atom stereocenters. The summed E-state index contributed by atoms with van der Waals surface area (Å²) >= 11 is 3.29. The number of para-hydroxylation sites is 1. The highest BCUT2D eigenvalue weighted by atomic mass is 79.9. The number of carbonyl (C=O) groups excluding carboxylic acids is 1. The maximum absolute atomic E-state index is 11.1. The Hall–Kier alpha value is -1.23. The summed E-state index contributed by atoms with van der Waals surface area (Å²) in [5, 5.41) is 0. The van der Waals surface area contributed by atoms with Crippen molar-refractivity contribution in [2.45, 2.75) is 20.1 Å². The fourth-order valence-corrected chi connectivity index (χ4v) is 1.58. The second kappa shape index (κ2) is 5.75. The van der Waals surface area contributed by atoms with Gasteiger partial charge in [-0.15, -0.1) is 0 Å². The maximum atomic E-state index is 11.1. The van der Waals surface area contributed by atoms with E-state index in [0.29, 0.717) is 11.5 Å². The van der Waals surface area contributed by atoms with Crippen molar-refractivity contribution in [3.8, 4) is 11.5 Å². The van der Waals surface area contributed by atoms with Crippen LogP contribution in [-0.2, 0) is 9.53 Å². The van der Waals surface area contributed by atoms with Crippen LogP contribution in [0.4, 0.5) is 0 Å². The molecule has 0 aromatic heterocycles. The molecule has 1 aromatic carbocycles. The monoisotopic (exact) mass is 288 g/mol. The van der Waals surface area contributed by atoms with Gasteiger partial charge in [-0.05, 0) is 28.1 Å². The minimum absolute atomic E-state index is 0.530. The molecule has 88 valence electrons. The maximum Gasteiger partial charge on any atom is 0.389 e. The number of carbonyl (C=O) groups is 1. The summed E-state index contributed by atoms with van der Waals surface area (Å²) in [7, 11) is 1.28. The Morgan fingerprint density at radius 3 is 2.62 bits per heavy atom. The van der Waals surface area contributed by atoms with Crippen molar-refractivity contribution in [1.29, 1.82) is 0 Å². The van der Waals surface area contributed by atoms with Crippen LogP contribution in [0.2, 0.25) is 0 Å². The Morgan fingerprint density at radius 1 is 1.38 bits per heavy atom. The molecule has 1 heterocycles. The molecule has 0 amide bonds. The molecule has 1 aliphatic rings. The lowest BCUT2D eigenvalue weighted by Gasteiger charge is -2.06. The average molecular weight is 289 g/mol. The van der Waals surface area contributed by atoms with Crippen LogP contribution in [-0.4, -0.2) is 19.4 Å². The normalized spacial score (nSPS) is 16.1. The number of fused-ring (bicyclic) bond motifs is 1. The predicted octanol–water partition coefficient (Wildman–Crippen LogP) is 2.75. The molecule has 0 saturated carbocycles. The molecule has 5 heteroatoms. The third-order valence-electron chi connectivity index (χ3n) is 1.78. The number of hydrogen-bond donors (Lipinski definition) is 0. The molecular formula is C11H13BrO4. The van der Waals surface area contributed by atoms with Gasteiger partial charge in [-0.3, -0.25) is 0 Å². The molecule has 1 unspecified atom stereocenters. The van der Waals surface area contributed by atoms with Gasteiger partial charge in [-0.2, -0.15) is 0 Å². The molecule has 0 aliphatic carbocycles. The zero-order valence-corrected chi connectivity index (χ0v) is 10.9. The summed E-state index contributed by atoms with van der Waals surface area (Å²) in [4.78, 5) is 11.1. The van der Waals surface area contributed by atoms with E-state index in [9.17, 15) is 4.79 Å². The van der Waals surface area contributed by atoms with Crippen LogP contribution < -0.4 is 9.47 Å². The second-order valence-electron chi connectivity index (χ2n) is 2.66. The van der Waals surface area contributed by atoms with Gasteiger partial charge in [0.2, 0.25) is 0 Å². The molecule has 16 heavy (non-hydrogen) atoms. The minimum Gasteiger partial charge on any atom is -0.463 e. The number of halogens is 1. The number of rotatable bonds is 1. The van der Waals surface area contributed by atoms with Gasteiger partial charge in [0.15, 0.2) is 11.5 Å². The summed E-state index contributed by atoms with van der Waals surface area (Å²) in [5.74, 6) is 0.519. The molecule has 1 aliphatic heterocycles.